The molecule has 0 saturated carbocycles. The minimum atomic E-state index is 0.190. The summed E-state index contributed by atoms with van der Waals surface area (Å²) in [5, 5.41) is 0. The smallest absolute Gasteiger partial charge is 0.200 e. The van der Waals surface area contributed by atoms with Gasteiger partial charge in [-0.25, -0.2) is 4.98 Å². The number of thiophene rings is 1. The van der Waals surface area contributed by atoms with Gasteiger partial charge in [-0.15, -0.1) is 11.3 Å². The van der Waals surface area contributed by atoms with Crippen LogP contribution in [0.5, 0.6) is 0 Å². The van der Waals surface area contributed by atoms with Gasteiger partial charge < -0.3 is 10.3 Å². The van der Waals surface area contributed by atoms with Gasteiger partial charge in [0.25, 0.3) is 0 Å². The molecule has 0 aliphatic carbocycles. The van der Waals surface area contributed by atoms with E-state index in [4.69, 9.17) is 17.3 Å². The molecular formula is C9H10ClN3S. The molecule has 1 unspecified atom stereocenters. The molecule has 0 aliphatic rings. The average molecular weight is 228 g/mol. The molecule has 3 nitrogen and oxygen atoms in total. The highest BCUT2D eigenvalue weighted by Crippen LogP contribution is 2.29. The predicted octanol–water partition coefficient (Wildman–Crippen LogP) is 2.79. The van der Waals surface area contributed by atoms with Crippen LogP contribution in [0.4, 0.5) is 5.95 Å². The van der Waals surface area contributed by atoms with E-state index in [-0.39, 0.29) is 6.04 Å². The number of nitrogens with zero attached hydrogens (tertiary/aromatic N) is 2. The number of aromatic nitrogens is 2. The lowest BCUT2D eigenvalue weighted by Gasteiger charge is -2.12. The zero-order valence-electron chi connectivity index (χ0n) is 7.64. The first-order valence-electron chi connectivity index (χ1n) is 4.22. The first-order valence-corrected chi connectivity index (χ1v) is 5.41. The van der Waals surface area contributed by atoms with E-state index in [2.05, 4.69) is 11.9 Å². The van der Waals surface area contributed by atoms with Crippen molar-refractivity contribution in [3.05, 3.63) is 33.7 Å². The molecule has 2 heterocycles. The predicted molar refractivity (Wildman–Crippen MR) is 59.8 cm³/mol. The molecule has 0 bridgehead atoms. The second-order valence-corrected chi connectivity index (χ2v) is 4.76. The highest BCUT2D eigenvalue weighted by molar-refractivity contribution is 7.16. The summed E-state index contributed by atoms with van der Waals surface area (Å²) < 4.78 is 2.72. The van der Waals surface area contributed by atoms with Crippen molar-refractivity contribution in [3.8, 4) is 0 Å². The number of anilines is 1. The van der Waals surface area contributed by atoms with Gasteiger partial charge in [0, 0.05) is 17.3 Å². The zero-order valence-corrected chi connectivity index (χ0v) is 9.22. The van der Waals surface area contributed by atoms with Gasteiger partial charge in [-0.2, -0.15) is 0 Å². The Balaban J connectivity index is 2.33. The van der Waals surface area contributed by atoms with E-state index in [0.29, 0.717) is 5.95 Å². The molecule has 0 spiro atoms. The summed E-state index contributed by atoms with van der Waals surface area (Å²) in [5.74, 6) is 0.530. The Kier molecular flexibility index (Phi) is 2.48. The summed E-state index contributed by atoms with van der Waals surface area (Å²) in [5.41, 5.74) is 5.71. The van der Waals surface area contributed by atoms with Gasteiger partial charge >= 0.3 is 0 Å². The first kappa shape index (κ1) is 9.55. The molecule has 14 heavy (non-hydrogen) atoms. The van der Waals surface area contributed by atoms with Crippen LogP contribution in [0.3, 0.4) is 0 Å². The fraction of sp³-hybridized carbons (Fsp3) is 0.222. The number of nitrogen functional groups attached to an aromatic ring is 1. The standard InChI is InChI=1S/C9H10ClN3S/c1-6(7-2-3-8(10)14-7)13-5-4-12-9(13)11/h2-6H,1H3,(H2,11,12). The van der Waals surface area contributed by atoms with Crippen molar-refractivity contribution in [1.29, 1.82) is 0 Å². The molecule has 74 valence electrons. The van der Waals surface area contributed by atoms with Crippen LogP contribution >= 0.6 is 22.9 Å². The third-order valence-corrected chi connectivity index (χ3v) is 3.52. The molecule has 2 N–H and O–H groups in total. The van der Waals surface area contributed by atoms with Crippen LogP contribution in [0.15, 0.2) is 24.5 Å². The summed E-state index contributed by atoms with van der Waals surface area (Å²) in [6, 6.07) is 4.09. The fourth-order valence-electron chi connectivity index (χ4n) is 1.34. The monoisotopic (exact) mass is 227 g/mol. The van der Waals surface area contributed by atoms with E-state index in [1.165, 1.54) is 4.88 Å². The van der Waals surface area contributed by atoms with Crippen molar-refractivity contribution in [2.75, 3.05) is 5.73 Å². The van der Waals surface area contributed by atoms with Crippen LogP contribution in [0.25, 0.3) is 0 Å². The van der Waals surface area contributed by atoms with Crippen molar-refractivity contribution >= 4 is 28.9 Å². The van der Waals surface area contributed by atoms with Crippen LogP contribution in [-0.2, 0) is 0 Å². The summed E-state index contributed by atoms with van der Waals surface area (Å²) in [4.78, 5) is 5.16. The van der Waals surface area contributed by atoms with Crippen LogP contribution in [0.2, 0.25) is 4.34 Å². The van der Waals surface area contributed by atoms with Crippen LogP contribution in [0.1, 0.15) is 17.8 Å². The van der Waals surface area contributed by atoms with E-state index in [1.807, 2.05) is 22.9 Å². The van der Waals surface area contributed by atoms with Crippen LogP contribution < -0.4 is 5.73 Å². The van der Waals surface area contributed by atoms with Crippen molar-refractivity contribution in [1.82, 2.24) is 9.55 Å². The molecule has 2 aromatic rings. The molecule has 5 heteroatoms. The number of rotatable bonds is 2. The van der Waals surface area contributed by atoms with E-state index >= 15 is 0 Å². The topological polar surface area (TPSA) is 43.8 Å². The molecule has 0 amide bonds. The lowest BCUT2D eigenvalue weighted by atomic mass is 10.3. The van der Waals surface area contributed by atoms with E-state index in [9.17, 15) is 0 Å². The molecule has 0 fully saturated rings. The minimum absolute atomic E-state index is 0.190. The highest BCUT2D eigenvalue weighted by Gasteiger charge is 2.11. The average Bonchev–Trinajstić information content (AvgIpc) is 2.73. The Bertz CT molecular complexity index is 435. The molecule has 0 saturated heterocycles. The maximum Gasteiger partial charge on any atom is 0.200 e. The van der Waals surface area contributed by atoms with Gasteiger partial charge in [0.15, 0.2) is 0 Å². The Labute approximate surface area is 91.1 Å². The molecule has 0 aliphatic heterocycles. The first-order chi connectivity index (χ1) is 6.68. The summed E-state index contributed by atoms with van der Waals surface area (Å²) in [6.07, 6.45) is 3.56. The van der Waals surface area contributed by atoms with Gasteiger partial charge in [0.1, 0.15) is 0 Å². The number of hydrogen-bond donors (Lipinski definition) is 1. The summed E-state index contributed by atoms with van der Waals surface area (Å²) >= 11 is 7.43. The molecule has 1 atom stereocenters. The summed E-state index contributed by atoms with van der Waals surface area (Å²) in [6.45, 7) is 2.07. The Morgan fingerprint density at radius 2 is 2.36 bits per heavy atom. The number of nitrogens with two attached hydrogens (primary N) is 1. The quantitative estimate of drug-likeness (QED) is 0.858. The SMILES string of the molecule is CC(c1ccc(Cl)s1)n1ccnc1N. The largest absolute Gasteiger partial charge is 0.369 e. The van der Waals surface area contributed by atoms with Crippen molar-refractivity contribution < 1.29 is 0 Å². The number of halogens is 1. The molecular weight excluding hydrogens is 218 g/mol. The maximum atomic E-state index is 5.87. The molecule has 2 rings (SSSR count). The Morgan fingerprint density at radius 1 is 1.57 bits per heavy atom. The van der Waals surface area contributed by atoms with Crippen molar-refractivity contribution in [2.24, 2.45) is 0 Å². The minimum Gasteiger partial charge on any atom is -0.369 e. The van der Waals surface area contributed by atoms with Crippen LogP contribution in [0, 0.1) is 0 Å². The molecule has 0 radical (unpaired) electrons. The maximum absolute atomic E-state index is 5.87. The van der Waals surface area contributed by atoms with Gasteiger partial charge in [0.2, 0.25) is 5.95 Å². The van der Waals surface area contributed by atoms with E-state index in [0.717, 1.165) is 4.34 Å². The number of hydrogen-bond acceptors (Lipinski definition) is 3. The summed E-state index contributed by atoms with van der Waals surface area (Å²) in [7, 11) is 0. The van der Waals surface area contributed by atoms with Crippen molar-refractivity contribution in [2.45, 2.75) is 13.0 Å². The third-order valence-electron chi connectivity index (χ3n) is 2.12. The molecule has 0 aromatic carbocycles. The van der Waals surface area contributed by atoms with E-state index < -0.39 is 0 Å². The Hall–Kier alpha value is -1.00. The third kappa shape index (κ3) is 1.63. The normalized spacial score (nSPS) is 13.0. The lowest BCUT2D eigenvalue weighted by molar-refractivity contribution is 0.660. The highest BCUT2D eigenvalue weighted by atomic mass is 35.5. The Morgan fingerprint density at radius 3 is 2.86 bits per heavy atom. The van der Waals surface area contributed by atoms with Gasteiger partial charge in [-0.1, -0.05) is 11.6 Å². The van der Waals surface area contributed by atoms with Crippen LogP contribution in [-0.4, -0.2) is 9.55 Å². The van der Waals surface area contributed by atoms with Crippen molar-refractivity contribution in [3.63, 3.8) is 0 Å². The van der Waals surface area contributed by atoms with Gasteiger partial charge in [-0.3, -0.25) is 0 Å². The lowest BCUT2D eigenvalue weighted by Crippen LogP contribution is -2.07. The fourth-order valence-corrected chi connectivity index (χ4v) is 2.45. The number of imidazole rings is 1. The van der Waals surface area contributed by atoms with Gasteiger partial charge in [0.05, 0.1) is 10.4 Å². The van der Waals surface area contributed by atoms with Gasteiger partial charge in [-0.05, 0) is 19.1 Å². The molecule has 2 aromatic heterocycles. The van der Waals surface area contributed by atoms with E-state index in [1.54, 1.807) is 17.5 Å². The second kappa shape index (κ2) is 3.63. The zero-order chi connectivity index (χ0) is 10.1. The second-order valence-electron chi connectivity index (χ2n) is 3.01.